The standard InChI is InChI=1S/C13H22N.C6H10O3S.C6H12O3S.2C5H8ClNS.2C5H7NS.C5H10O3S.C5H8O2S.C4H6O3S.C4H6O3.C3H5BrO2.C3H7ClS.C2H2ClN.C2H6OS.ClH.2Li/c1-4-14(5-2,6-3)12-13-10-8-7-9-11-13;1-2-8-5(7)6-9-3-4-10-6;1-9-6(8)5-10-4-2-3-7;2*6-2-1-4-8-5-3-7;2*6-4-5-2-1-3-7-5;6-2-1-3-9-4-5(7)8;6-5(7)4-2-1-3-8-4;5-3(6)4-7-1-2-8-4;1-2-7-4(6)3-5;1-6-3(5)2-4;4-2-1-3-5;2*3-1-2-4;;;/h7-11H,4-6,12H2,1-3H3;6H,2-4H2,1H3;7H,2-5H2,1H3;2*1-2,4-5H2;2*5H,1-3H2;6H,1-4H2,(H,7,8);4H,1-3H2,(H,6,7);4H,1-2H2,(H,5,6);3H,2H2,1H3;2H2,1H3;5H,1-3H2;1H2;3-4H,1-2H2;1H;;/q+1;;;;;;;;;;;;;;;;2*+1/p-3. The molecular weight excluding hydrogens is 1900 g/mol. The minimum absolute atomic E-state index is 0. The van der Waals surface area contributed by atoms with Crippen LogP contribution in [0.5, 0.6) is 0 Å². The molecule has 5 aliphatic rings. The maximum Gasteiger partial charge on any atom is 1.00 e. The molecule has 4 N–H and O–H groups in total. The molecule has 5 aliphatic heterocycles. The van der Waals surface area contributed by atoms with E-state index < -0.39 is 29.3 Å². The van der Waals surface area contributed by atoms with Crippen molar-refractivity contribution in [3.63, 3.8) is 0 Å². The smallest absolute Gasteiger partial charge is 1.00 e. The number of esters is 4. The van der Waals surface area contributed by atoms with Crippen molar-refractivity contribution in [2.24, 2.45) is 0 Å². The first-order chi connectivity index (χ1) is 55.3. The average molecular weight is 2030 g/mol. The molecule has 1 aromatic carbocycles. The summed E-state index contributed by atoms with van der Waals surface area (Å²) >= 11 is 45.2. The fourth-order valence-corrected chi connectivity index (χ4v) is 15.4. The van der Waals surface area contributed by atoms with E-state index in [0.29, 0.717) is 77.3 Å². The number of aliphatic carboxylic acids is 3. The Hall–Kier alpha value is -0.635. The van der Waals surface area contributed by atoms with Crippen LogP contribution < -0.4 is 60.3 Å². The van der Waals surface area contributed by atoms with Crippen molar-refractivity contribution in [3.05, 3.63) is 35.9 Å². The van der Waals surface area contributed by atoms with Crippen molar-refractivity contribution in [1.29, 1.82) is 26.3 Å². The van der Waals surface area contributed by atoms with Gasteiger partial charge in [-0.15, -0.1) is 129 Å². The first-order valence-corrected chi connectivity index (χ1v) is 50.6. The molecule has 5 heterocycles. The van der Waals surface area contributed by atoms with Gasteiger partial charge in [0.25, 0.3) is 0 Å². The summed E-state index contributed by atoms with van der Waals surface area (Å²) in [6.07, 6.45) is 11.2. The van der Waals surface area contributed by atoms with Gasteiger partial charge >= 0.3 is 67.6 Å². The fraction of sp³-hybridized carbons (Fsp3) is 0.740. The third kappa shape index (κ3) is 120. The number of alkyl halides is 5. The van der Waals surface area contributed by atoms with Gasteiger partial charge in [-0.25, -0.2) is 9.59 Å². The summed E-state index contributed by atoms with van der Waals surface area (Å²) in [6, 6.07) is 21.0. The van der Waals surface area contributed by atoms with Crippen LogP contribution in [-0.4, -0.2) is 295 Å². The van der Waals surface area contributed by atoms with Crippen molar-refractivity contribution < 1.29 is 152 Å². The molecule has 674 valence electrons. The van der Waals surface area contributed by atoms with Gasteiger partial charge in [-0.05, 0) is 151 Å². The van der Waals surface area contributed by atoms with Crippen molar-refractivity contribution in [2.45, 2.75) is 138 Å². The molecule has 0 radical (unpaired) electrons. The maximum absolute atomic E-state index is 10.9. The molecule has 1 aromatic rings. The van der Waals surface area contributed by atoms with E-state index in [1.807, 2.05) is 12.1 Å². The number of rotatable bonds is 33. The number of carboxylic acid groups (broad SMARTS) is 3. The molecule has 118 heavy (non-hydrogen) atoms. The predicted octanol–water partition coefficient (Wildman–Crippen LogP) is 2.69. The Kier molecular flexibility index (Phi) is 149. The zero-order valence-corrected chi connectivity index (χ0v) is 83.9. The van der Waals surface area contributed by atoms with Crippen LogP contribution >= 0.6 is 193 Å². The van der Waals surface area contributed by atoms with Crippen molar-refractivity contribution in [2.75, 3.05) is 195 Å². The number of nitrogens with zero attached hydrogens (tertiary/aromatic N) is 6. The second-order valence-electron chi connectivity index (χ2n) is 21.1. The van der Waals surface area contributed by atoms with Crippen LogP contribution in [0.1, 0.15) is 111 Å². The number of aliphatic hydroxyl groups excluding tert-OH is 3. The summed E-state index contributed by atoms with van der Waals surface area (Å²) in [6.45, 7) is 17.5. The van der Waals surface area contributed by atoms with E-state index in [-0.39, 0.29) is 128 Å². The van der Waals surface area contributed by atoms with Crippen LogP contribution in [0.25, 0.3) is 0 Å². The van der Waals surface area contributed by atoms with Crippen LogP contribution in [-0.2, 0) is 73.3 Å². The molecule has 0 aromatic heterocycles. The number of ether oxygens (including phenoxy) is 6. The van der Waals surface area contributed by atoms with Crippen LogP contribution in [0.4, 0.5) is 0 Å². The van der Waals surface area contributed by atoms with Crippen LogP contribution in [0.2, 0.25) is 0 Å². The van der Waals surface area contributed by atoms with Gasteiger partial charge in [0.05, 0.1) is 137 Å². The van der Waals surface area contributed by atoms with Crippen molar-refractivity contribution in [1.82, 2.24) is 0 Å². The Morgan fingerprint density at radius 2 is 1.03 bits per heavy atom. The zero-order chi connectivity index (χ0) is 89.1. The molecule has 0 aliphatic carbocycles. The molecule has 26 nitrogen and oxygen atoms in total. The summed E-state index contributed by atoms with van der Waals surface area (Å²) in [4.78, 5) is 80.4. The predicted molar refractivity (Wildman–Crippen MR) is 490 cm³/mol. The van der Waals surface area contributed by atoms with Gasteiger partial charge in [0.15, 0.2) is 0 Å². The van der Waals surface area contributed by atoms with Crippen molar-refractivity contribution in [3.8, 4) is 30.3 Å². The Morgan fingerprint density at radius 1 is 0.602 bits per heavy atom. The number of thioether (sulfide) groups is 9. The Labute approximate surface area is 811 Å². The number of carbonyl (C=O) groups is 8. The van der Waals surface area contributed by atoms with E-state index in [1.54, 1.807) is 78.7 Å². The average Bonchev–Trinajstić information content (AvgIpc) is 0.985. The maximum atomic E-state index is 10.9. The number of hydrogen-bond donors (Lipinski definition) is 6. The molecule has 5 atom stereocenters. The number of methoxy groups -OCH3 is 2. The van der Waals surface area contributed by atoms with Gasteiger partial charge in [0.2, 0.25) is 11.7 Å². The Bertz CT molecular complexity index is 2520. The van der Waals surface area contributed by atoms with Crippen LogP contribution in [0.3, 0.4) is 0 Å². The first kappa shape index (κ1) is 143. The SMILES string of the molecule is CCOC(=O)C1OCCS1.CCOC(=O)C=O.CC[N+](CC)(CC)Cc1ccccc1.COC(=O)CBr.COC(=O)CSCCCO.N#CC1CCCS1.N#CC1CCCS1.N#CCCl.N#CCSCCCCl.N#CCSCCCCl.O=C(O)C1CCCS1.O=C([O-])C1OCCS1.O=C([O-])CSCCCO.OCCS.SCCCCl.[Cl-].[Li+].[Li+]. The second kappa shape index (κ2) is 123. The molecule has 5 fully saturated rings. The fourth-order valence-electron chi connectivity index (χ4n) is 6.85. The quantitative estimate of drug-likeness (QED) is 0.00678. The van der Waals surface area contributed by atoms with E-state index in [2.05, 4.69) is 119 Å². The van der Waals surface area contributed by atoms with Crippen LogP contribution in [0, 0.1) is 56.7 Å². The molecule has 5 saturated heterocycles. The summed E-state index contributed by atoms with van der Waals surface area (Å²) in [5.41, 5.74) is 0.382. The van der Waals surface area contributed by atoms with Crippen molar-refractivity contribution >= 4 is 242 Å². The van der Waals surface area contributed by atoms with Crippen LogP contribution in [0.15, 0.2) is 30.3 Å². The third-order valence-corrected chi connectivity index (χ3v) is 24.3. The largest absolute Gasteiger partial charge is 1.00 e. The number of aldehydes is 1. The number of carboxylic acids is 3. The number of benzene rings is 1. The second-order valence-corrected chi connectivity index (χ2v) is 34.6. The van der Waals surface area contributed by atoms with Gasteiger partial charge in [-0.1, -0.05) is 46.3 Å². The monoisotopic (exact) mass is 2020 g/mol. The van der Waals surface area contributed by atoms with Gasteiger partial charge in [0.1, 0.15) is 28.4 Å². The summed E-state index contributed by atoms with van der Waals surface area (Å²) < 4.78 is 28.5. The van der Waals surface area contributed by atoms with Gasteiger partial charge in [0, 0.05) is 59.4 Å². The minimum Gasteiger partial charge on any atom is -1.00 e. The van der Waals surface area contributed by atoms with E-state index in [9.17, 15) is 48.6 Å². The Morgan fingerprint density at radius 3 is 1.26 bits per heavy atom. The first-order valence-electron chi connectivity index (χ1n) is 36.2. The summed E-state index contributed by atoms with van der Waals surface area (Å²) in [5, 5.41) is 93.5. The van der Waals surface area contributed by atoms with Gasteiger partial charge < -0.3 is 85.5 Å². The number of aliphatic hydroxyl groups is 3. The van der Waals surface area contributed by atoms with Gasteiger partial charge in [-0.2, -0.15) is 75.1 Å². The molecule has 0 bridgehead atoms. The molecule has 0 amide bonds. The molecule has 5 unspecified atom stereocenters. The molecule has 0 spiro atoms. The van der Waals surface area contributed by atoms with Gasteiger partial charge in [-0.3, -0.25) is 19.2 Å². The van der Waals surface area contributed by atoms with E-state index >= 15 is 0 Å². The number of hydrogen-bond acceptors (Lipinski definition) is 35. The number of quaternary nitrogens is 1. The topological polar surface area (TPSA) is 438 Å². The number of nitriles is 5. The zero-order valence-electron chi connectivity index (χ0n) is 69.4. The normalized spacial score (nSPS) is 15.1. The molecule has 45 heteroatoms. The molecule has 0 saturated carbocycles. The van der Waals surface area contributed by atoms with E-state index in [1.165, 1.54) is 122 Å². The number of halogens is 6. The molecular formula is C73H122BrCl5Li2N6O20S11. The molecule has 6 rings (SSSR count). The number of carbonyl (C=O) groups excluding carboxylic acids is 7. The third-order valence-electron chi connectivity index (χ3n) is 12.6. The Balaban J connectivity index is -0.000000103. The number of thiol groups is 2. The van der Waals surface area contributed by atoms with E-state index in [0.717, 1.165) is 97.5 Å². The summed E-state index contributed by atoms with van der Waals surface area (Å²) in [7, 11) is 2.72. The summed E-state index contributed by atoms with van der Waals surface area (Å²) in [5.74, 6) is 9.61. The van der Waals surface area contributed by atoms with E-state index in [4.69, 9.17) is 107 Å². The minimum atomic E-state index is -1.12.